The first-order chi connectivity index (χ1) is 8.85. The molecule has 0 rings (SSSR count). The van der Waals surface area contributed by atoms with Gasteiger partial charge < -0.3 is 0 Å². The van der Waals surface area contributed by atoms with E-state index >= 15 is 0 Å². The predicted molar refractivity (Wildman–Crippen MR) is 87.8 cm³/mol. The van der Waals surface area contributed by atoms with Crippen molar-refractivity contribution < 1.29 is 0 Å². The van der Waals surface area contributed by atoms with Crippen LogP contribution in [0.5, 0.6) is 0 Å². The third kappa shape index (κ3) is 13.7. The summed E-state index contributed by atoms with van der Waals surface area (Å²) in [6, 6.07) is 0. The second kappa shape index (κ2) is 16.4. The number of rotatable bonds is 13. The average molecular weight is 480 g/mol. The van der Waals surface area contributed by atoms with Crippen LogP contribution in [0.15, 0.2) is 7.75 Å². The van der Waals surface area contributed by atoms with E-state index in [-0.39, 0.29) is 41.8 Å². The molecule has 0 aromatic carbocycles. The van der Waals surface area contributed by atoms with Gasteiger partial charge in [0.25, 0.3) is 0 Å². The van der Waals surface area contributed by atoms with E-state index in [0.29, 0.717) is 0 Å². The van der Waals surface area contributed by atoms with E-state index in [0.717, 1.165) is 0 Å². The van der Waals surface area contributed by atoms with Crippen molar-refractivity contribution in [3.05, 3.63) is 7.75 Å². The average Bonchev–Trinajstić information content (AvgIpc) is 2.38. The first-order valence-electron chi connectivity index (χ1n) is 7.80. The van der Waals surface area contributed by atoms with E-state index < -0.39 is 0 Å². The molecule has 0 aromatic heterocycles. The zero-order valence-electron chi connectivity index (χ0n) is 12.7. The molecule has 0 fully saturated rings. The van der Waals surface area contributed by atoms with Crippen molar-refractivity contribution in [2.45, 2.75) is 87.5 Å². The summed E-state index contributed by atoms with van der Waals surface area (Å²) in [6.45, 7) is 6.96. The van der Waals surface area contributed by atoms with E-state index in [1.807, 2.05) is 1.67 Å². The Labute approximate surface area is 136 Å². The molecule has 0 nitrogen and oxygen atoms in total. The summed E-state index contributed by atoms with van der Waals surface area (Å²) in [7, 11) is 0. The van der Waals surface area contributed by atoms with Crippen LogP contribution in [0.2, 0.25) is 8.94 Å². The molecule has 0 bridgehead atoms. The zero-order valence-corrected chi connectivity index (χ0v) is 17.3. The van der Waals surface area contributed by atoms with Crippen molar-refractivity contribution in [2.75, 3.05) is 0 Å². The fraction of sp³-hybridized carbons (Fsp3) is 0.875. The van der Waals surface area contributed by atoms with Crippen LogP contribution in [0, 0.1) is 0 Å². The first-order valence-corrected chi connectivity index (χ1v) is 13.4. The topological polar surface area (TPSA) is 0 Å². The molecule has 0 aliphatic heterocycles. The van der Waals surface area contributed by atoms with E-state index in [1.165, 1.54) is 57.8 Å². The van der Waals surface area contributed by atoms with Crippen molar-refractivity contribution >= 4 is 41.8 Å². The standard InChI is InChI=1S/C16H32Te2/c1-4-7-10-11-12-13-16(17-14-8-5-2)18-15-9-6-3/h13H,4-12,14-15H2,1-3H3. The van der Waals surface area contributed by atoms with Crippen LogP contribution in [0.4, 0.5) is 0 Å². The number of unbranched alkanes of at least 4 members (excludes halogenated alkanes) is 6. The Balaban J connectivity index is 3.81. The number of hydrogen-bond acceptors (Lipinski definition) is 0. The van der Waals surface area contributed by atoms with Gasteiger partial charge in [-0.05, 0) is 0 Å². The summed E-state index contributed by atoms with van der Waals surface area (Å²) in [5.41, 5.74) is 0. The fourth-order valence-corrected chi connectivity index (χ4v) is 11.6. The van der Waals surface area contributed by atoms with E-state index in [4.69, 9.17) is 0 Å². The fourth-order valence-electron chi connectivity index (χ4n) is 1.58. The molecule has 0 saturated carbocycles. The molecular weight excluding hydrogens is 447 g/mol. The van der Waals surface area contributed by atoms with Crippen molar-refractivity contribution in [3.63, 3.8) is 0 Å². The quantitative estimate of drug-likeness (QED) is 0.237. The zero-order chi connectivity index (χ0) is 13.5. The molecule has 0 saturated heterocycles. The Hall–Kier alpha value is 1.32. The number of hydrogen-bond donors (Lipinski definition) is 0. The van der Waals surface area contributed by atoms with Crippen molar-refractivity contribution in [1.82, 2.24) is 0 Å². The Morgan fingerprint density at radius 2 is 1.28 bits per heavy atom. The molecule has 0 radical (unpaired) electrons. The summed E-state index contributed by atoms with van der Waals surface area (Å²) in [4.78, 5) is 0. The van der Waals surface area contributed by atoms with Crippen LogP contribution < -0.4 is 0 Å². The van der Waals surface area contributed by atoms with E-state index in [2.05, 4.69) is 26.8 Å². The molecule has 18 heavy (non-hydrogen) atoms. The van der Waals surface area contributed by atoms with Crippen molar-refractivity contribution in [3.8, 4) is 0 Å². The van der Waals surface area contributed by atoms with Gasteiger partial charge in [0.2, 0.25) is 0 Å². The van der Waals surface area contributed by atoms with Crippen molar-refractivity contribution in [2.24, 2.45) is 0 Å². The van der Waals surface area contributed by atoms with E-state index in [9.17, 15) is 0 Å². The minimum atomic E-state index is 0.246. The first kappa shape index (κ1) is 19.3. The van der Waals surface area contributed by atoms with Gasteiger partial charge in [-0.3, -0.25) is 0 Å². The molecule has 0 aliphatic carbocycles. The second-order valence-electron chi connectivity index (χ2n) is 4.78. The Morgan fingerprint density at radius 3 is 1.78 bits per heavy atom. The number of allylic oxidation sites excluding steroid dienone is 1. The van der Waals surface area contributed by atoms with Crippen LogP contribution in [-0.2, 0) is 0 Å². The van der Waals surface area contributed by atoms with Gasteiger partial charge in [-0.15, -0.1) is 0 Å². The molecule has 0 aromatic rings. The minimum absolute atomic E-state index is 0.246. The predicted octanol–water partition coefficient (Wildman–Crippen LogP) is 5.64. The normalized spacial score (nSPS) is 10.6. The Kier molecular flexibility index (Phi) is 17.6. The SMILES string of the molecule is CCCCCCC=C([Te]CCCC)[Te]CCCC. The van der Waals surface area contributed by atoms with Gasteiger partial charge in [0.15, 0.2) is 0 Å². The maximum atomic E-state index is 2.69. The van der Waals surface area contributed by atoms with Gasteiger partial charge in [-0.2, -0.15) is 0 Å². The molecule has 2 heteroatoms. The second-order valence-corrected chi connectivity index (χ2v) is 13.8. The molecular formula is C16H32Te2. The summed E-state index contributed by atoms with van der Waals surface area (Å²) in [5.74, 6) is 0. The molecule has 0 atom stereocenters. The van der Waals surface area contributed by atoms with Gasteiger partial charge >= 0.3 is 137 Å². The van der Waals surface area contributed by atoms with Gasteiger partial charge in [-0.1, -0.05) is 0 Å². The van der Waals surface area contributed by atoms with Crippen LogP contribution in [-0.4, -0.2) is 41.8 Å². The van der Waals surface area contributed by atoms with Crippen LogP contribution >= 0.6 is 0 Å². The third-order valence-corrected chi connectivity index (χ3v) is 12.8. The molecule has 108 valence electrons. The molecule has 0 heterocycles. The van der Waals surface area contributed by atoms with Crippen LogP contribution in [0.3, 0.4) is 0 Å². The van der Waals surface area contributed by atoms with Gasteiger partial charge in [0.05, 0.1) is 0 Å². The van der Waals surface area contributed by atoms with Crippen molar-refractivity contribution in [1.29, 1.82) is 0 Å². The summed E-state index contributed by atoms with van der Waals surface area (Å²) in [5, 5.41) is 0. The third-order valence-electron chi connectivity index (χ3n) is 2.85. The summed E-state index contributed by atoms with van der Waals surface area (Å²) in [6.07, 6.45) is 15.5. The van der Waals surface area contributed by atoms with Gasteiger partial charge in [0.1, 0.15) is 0 Å². The van der Waals surface area contributed by atoms with Gasteiger partial charge in [0, 0.05) is 0 Å². The van der Waals surface area contributed by atoms with Crippen LogP contribution in [0.1, 0.15) is 78.6 Å². The Morgan fingerprint density at radius 1 is 0.722 bits per heavy atom. The summed E-state index contributed by atoms with van der Waals surface area (Å²) >= 11 is 0.493. The molecule has 0 unspecified atom stereocenters. The molecule has 0 aliphatic rings. The maximum absolute atomic E-state index is 2.69. The van der Waals surface area contributed by atoms with E-state index in [1.54, 1.807) is 8.94 Å². The van der Waals surface area contributed by atoms with Crippen LogP contribution in [0.25, 0.3) is 0 Å². The van der Waals surface area contributed by atoms with Gasteiger partial charge in [-0.25, -0.2) is 0 Å². The molecule has 0 spiro atoms. The molecule has 0 amide bonds. The Bertz CT molecular complexity index is 176. The summed E-state index contributed by atoms with van der Waals surface area (Å²) < 4.78 is 5.16. The molecule has 0 N–H and O–H groups in total. The monoisotopic (exact) mass is 484 g/mol.